The van der Waals surface area contributed by atoms with E-state index >= 15 is 0 Å². The molecule has 2 fully saturated rings. The molecule has 0 bridgehead atoms. The van der Waals surface area contributed by atoms with E-state index in [1.54, 1.807) is 0 Å². The lowest BCUT2D eigenvalue weighted by atomic mass is 9.83. The zero-order chi connectivity index (χ0) is 25.2. The van der Waals surface area contributed by atoms with Crippen molar-refractivity contribution in [2.75, 3.05) is 6.54 Å². The Morgan fingerprint density at radius 2 is 1.49 bits per heavy atom. The van der Waals surface area contributed by atoms with Gasteiger partial charge in [0.05, 0.1) is 0 Å². The molecule has 1 aromatic heterocycles. The topological polar surface area (TPSA) is 64.4 Å². The molecule has 6 nitrogen and oxygen atoms in total. The van der Waals surface area contributed by atoms with Crippen molar-refractivity contribution in [2.45, 2.75) is 76.5 Å². The first-order chi connectivity index (χ1) is 18.2. The average molecular weight is 498 g/mol. The number of carbonyl (C=O) groups excluding carboxylic acids is 1. The van der Waals surface area contributed by atoms with E-state index < -0.39 is 5.56 Å². The number of carbonyl (C=O) groups is 1. The Hall–Kier alpha value is -3.41. The first kappa shape index (κ1) is 24.0. The Labute approximate surface area is 218 Å². The molecule has 2 aliphatic carbocycles. The van der Waals surface area contributed by atoms with Crippen LogP contribution in [0.15, 0.2) is 65.5 Å². The van der Waals surface area contributed by atoms with E-state index in [1.165, 1.54) is 18.4 Å². The predicted octanol–water partition coefficient (Wildman–Crippen LogP) is 5.54. The molecule has 3 aliphatic rings. The normalized spacial score (nSPS) is 19.2. The van der Waals surface area contributed by atoms with Crippen LogP contribution < -0.4 is 10.3 Å². The molecule has 2 heterocycles. The van der Waals surface area contributed by atoms with Crippen LogP contribution in [0.2, 0.25) is 0 Å². The molecule has 6 heteroatoms. The van der Waals surface area contributed by atoms with Gasteiger partial charge in [0.25, 0.3) is 5.91 Å². The van der Waals surface area contributed by atoms with Gasteiger partial charge in [-0.1, -0.05) is 86.3 Å². The van der Waals surface area contributed by atoms with E-state index in [1.807, 2.05) is 45.9 Å². The van der Waals surface area contributed by atoms with Gasteiger partial charge in [-0.2, -0.15) is 4.98 Å². The Kier molecular flexibility index (Phi) is 6.81. The SMILES string of the molecule is O=C1c2c(OCc3ccccc3)c(=O)nc(C(c3ccccc3)C3CCCC3)n2CCN1C1CCCC1. The highest BCUT2D eigenvalue weighted by Gasteiger charge is 2.39. The monoisotopic (exact) mass is 497 g/mol. The molecule has 0 spiro atoms. The van der Waals surface area contributed by atoms with Crippen molar-refractivity contribution in [3.63, 3.8) is 0 Å². The van der Waals surface area contributed by atoms with Crippen molar-refractivity contribution in [3.05, 3.63) is 93.7 Å². The zero-order valence-corrected chi connectivity index (χ0v) is 21.4. The van der Waals surface area contributed by atoms with Crippen molar-refractivity contribution >= 4 is 5.91 Å². The zero-order valence-electron chi connectivity index (χ0n) is 21.4. The maximum absolute atomic E-state index is 14.1. The molecule has 0 saturated heterocycles. The summed E-state index contributed by atoms with van der Waals surface area (Å²) >= 11 is 0. The van der Waals surface area contributed by atoms with Gasteiger partial charge in [0, 0.05) is 25.0 Å². The fourth-order valence-electron chi connectivity index (χ4n) is 6.68. The van der Waals surface area contributed by atoms with Gasteiger partial charge in [-0.25, -0.2) is 0 Å². The summed E-state index contributed by atoms with van der Waals surface area (Å²) in [5.41, 5.74) is 2.08. The number of hydrogen-bond donors (Lipinski definition) is 0. The molecule has 0 radical (unpaired) electrons. The number of nitrogens with zero attached hydrogens (tertiary/aromatic N) is 3. The van der Waals surface area contributed by atoms with Crippen LogP contribution in [0.3, 0.4) is 0 Å². The lowest BCUT2D eigenvalue weighted by Gasteiger charge is -2.37. The van der Waals surface area contributed by atoms with E-state index in [2.05, 4.69) is 29.2 Å². The summed E-state index contributed by atoms with van der Waals surface area (Å²) in [5.74, 6) is 1.14. The summed E-state index contributed by atoms with van der Waals surface area (Å²) in [6.45, 7) is 1.52. The largest absolute Gasteiger partial charge is 0.481 e. The van der Waals surface area contributed by atoms with Gasteiger partial charge in [0.2, 0.25) is 5.75 Å². The first-order valence-corrected chi connectivity index (χ1v) is 13.9. The Morgan fingerprint density at radius 3 is 2.19 bits per heavy atom. The van der Waals surface area contributed by atoms with Gasteiger partial charge >= 0.3 is 5.56 Å². The highest BCUT2D eigenvalue weighted by molar-refractivity contribution is 5.96. The summed E-state index contributed by atoms with van der Waals surface area (Å²) in [7, 11) is 0. The number of fused-ring (bicyclic) bond motifs is 1. The van der Waals surface area contributed by atoms with E-state index in [9.17, 15) is 9.59 Å². The number of aromatic nitrogens is 2. The van der Waals surface area contributed by atoms with Crippen molar-refractivity contribution in [2.24, 2.45) is 5.92 Å². The van der Waals surface area contributed by atoms with Gasteiger partial charge in [-0.05, 0) is 42.7 Å². The number of amides is 1. The third kappa shape index (κ3) is 4.70. The van der Waals surface area contributed by atoms with Gasteiger partial charge in [-0.15, -0.1) is 0 Å². The van der Waals surface area contributed by atoms with Gasteiger partial charge in [0.15, 0.2) is 5.69 Å². The molecular weight excluding hydrogens is 462 g/mol. The number of ether oxygens (including phenoxy) is 1. The molecule has 1 aliphatic heterocycles. The molecule has 37 heavy (non-hydrogen) atoms. The Balaban J connectivity index is 1.47. The maximum atomic E-state index is 14.1. The summed E-state index contributed by atoms with van der Waals surface area (Å²) in [6.07, 6.45) is 8.97. The van der Waals surface area contributed by atoms with Crippen LogP contribution in [0.1, 0.15) is 84.7 Å². The quantitative estimate of drug-likeness (QED) is 0.430. The van der Waals surface area contributed by atoms with Gasteiger partial charge in [-0.3, -0.25) is 9.59 Å². The van der Waals surface area contributed by atoms with Crippen LogP contribution >= 0.6 is 0 Å². The highest BCUT2D eigenvalue weighted by atomic mass is 16.5. The second-order valence-electron chi connectivity index (χ2n) is 10.7. The lowest BCUT2D eigenvalue weighted by Crippen LogP contribution is -2.48. The summed E-state index contributed by atoms with van der Waals surface area (Å²) in [6, 6.07) is 20.4. The number of rotatable bonds is 7. The third-order valence-electron chi connectivity index (χ3n) is 8.50. The third-order valence-corrected chi connectivity index (χ3v) is 8.50. The van der Waals surface area contributed by atoms with Crippen LogP contribution in [0.25, 0.3) is 0 Å². The first-order valence-electron chi connectivity index (χ1n) is 13.9. The van der Waals surface area contributed by atoms with Gasteiger partial charge in [0.1, 0.15) is 12.4 Å². The second kappa shape index (κ2) is 10.5. The van der Waals surface area contributed by atoms with Crippen molar-refractivity contribution < 1.29 is 9.53 Å². The van der Waals surface area contributed by atoms with Crippen molar-refractivity contribution in [1.29, 1.82) is 0 Å². The minimum absolute atomic E-state index is 0.0100. The van der Waals surface area contributed by atoms with E-state index in [-0.39, 0.29) is 30.2 Å². The van der Waals surface area contributed by atoms with E-state index in [0.717, 1.165) is 49.9 Å². The smallest absolute Gasteiger partial charge is 0.316 e. The number of hydrogen-bond acceptors (Lipinski definition) is 4. The summed E-state index contributed by atoms with van der Waals surface area (Å²) in [4.78, 5) is 34.4. The highest BCUT2D eigenvalue weighted by Crippen LogP contribution is 2.42. The molecule has 6 rings (SSSR count). The molecule has 1 amide bonds. The fraction of sp³-hybridized carbons (Fsp3) is 0.452. The molecule has 192 valence electrons. The van der Waals surface area contributed by atoms with Crippen LogP contribution in [0.4, 0.5) is 0 Å². The van der Waals surface area contributed by atoms with Crippen LogP contribution in [-0.4, -0.2) is 32.9 Å². The van der Waals surface area contributed by atoms with Gasteiger partial charge < -0.3 is 14.2 Å². The average Bonchev–Trinajstić information content (AvgIpc) is 3.65. The van der Waals surface area contributed by atoms with Crippen molar-refractivity contribution in [1.82, 2.24) is 14.5 Å². The lowest BCUT2D eigenvalue weighted by molar-refractivity contribution is 0.0606. The standard InChI is InChI=1S/C31H35N3O3/c35-30-28(37-21-22-11-3-1-4-12-22)27-31(36)33(25-17-9-10-18-25)19-20-34(27)29(32-30)26(24-15-7-8-16-24)23-13-5-2-6-14-23/h1-6,11-14,24-26H,7-10,15-21H2. The molecule has 2 saturated carbocycles. The Morgan fingerprint density at radius 1 is 0.838 bits per heavy atom. The minimum Gasteiger partial charge on any atom is -0.481 e. The van der Waals surface area contributed by atoms with Crippen LogP contribution in [0.5, 0.6) is 5.75 Å². The summed E-state index contributed by atoms with van der Waals surface area (Å²) in [5, 5.41) is 0. The predicted molar refractivity (Wildman–Crippen MR) is 143 cm³/mol. The van der Waals surface area contributed by atoms with E-state index in [4.69, 9.17) is 4.74 Å². The summed E-state index contributed by atoms with van der Waals surface area (Å²) < 4.78 is 8.16. The van der Waals surface area contributed by atoms with Crippen LogP contribution in [-0.2, 0) is 13.2 Å². The van der Waals surface area contributed by atoms with Crippen LogP contribution in [0, 0.1) is 5.92 Å². The maximum Gasteiger partial charge on any atom is 0.316 e. The van der Waals surface area contributed by atoms with Crippen molar-refractivity contribution in [3.8, 4) is 5.75 Å². The minimum atomic E-state index is -0.433. The molecular formula is C31H35N3O3. The second-order valence-corrected chi connectivity index (χ2v) is 10.7. The fourth-order valence-corrected chi connectivity index (χ4v) is 6.68. The Bertz CT molecular complexity index is 1290. The number of benzene rings is 2. The molecule has 0 N–H and O–H groups in total. The molecule has 1 atom stereocenters. The van der Waals surface area contributed by atoms with E-state index in [0.29, 0.717) is 24.7 Å². The molecule has 3 aromatic rings. The molecule has 2 aromatic carbocycles. The molecule has 1 unspecified atom stereocenters.